The van der Waals surface area contributed by atoms with Gasteiger partial charge in [-0.15, -0.1) is 0 Å². The van der Waals surface area contributed by atoms with Crippen molar-refractivity contribution in [3.63, 3.8) is 0 Å². The largest absolute Gasteiger partial charge is 0.279 e. The molecule has 1 nitrogen and oxygen atoms in total. The molecular formula is C19H19N. The van der Waals surface area contributed by atoms with Gasteiger partial charge in [0, 0.05) is 5.71 Å². The first kappa shape index (κ1) is 12.9. The van der Waals surface area contributed by atoms with Crippen molar-refractivity contribution in [1.82, 2.24) is 0 Å². The average molecular weight is 261 g/mol. The molecule has 0 spiro atoms. The zero-order valence-electron chi connectivity index (χ0n) is 11.8. The summed E-state index contributed by atoms with van der Waals surface area (Å²) >= 11 is 0. The Morgan fingerprint density at radius 2 is 1.60 bits per heavy atom. The maximum Gasteiger partial charge on any atom is 0.0770 e. The predicted molar refractivity (Wildman–Crippen MR) is 86.1 cm³/mol. The summed E-state index contributed by atoms with van der Waals surface area (Å²) in [7, 11) is 0. The van der Waals surface area contributed by atoms with Crippen molar-refractivity contribution in [3.8, 4) is 0 Å². The molecule has 1 aliphatic rings. The van der Waals surface area contributed by atoms with E-state index in [0.29, 0.717) is 0 Å². The summed E-state index contributed by atoms with van der Waals surface area (Å²) in [5, 5.41) is 0. The van der Waals surface area contributed by atoms with Gasteiger partial charge in [0.05, 0.1) is 5.54 Å². The quantitative estimate of drug-likeness (QED) is 0.756. The normalized spacial score (nSPS) is 22.1. The van der Waals surface area contributed by atoms with Gasteiger partial charge in [0.25, 0.3) is 0 Å². The second kappa shape index (κ2) is 5.46. The fourth-order valence-electron chi connectivity index (χ4n) is 2.59. The van der Waals surface area contributed by atoms with Crippen molar-refractivity contribution in [2.24, 2.45) is 4.99 Å². The van der Waals surface area contributed by atoms with E-state index in [0.717, 1.165) is 12.8 Å². The first-order valence-corrected chi connectivity index (χ1v) is 7.14. The van der Waals surface area contributed by atoms with E-state index in [-0.39, 0.29) is 5.54 Å². The van der Waals surface area contributed by atoms with Gasteiger partial charge in [0.15, 0.2) is 0 Å². The van der Waals surface area contributed by atoms with Crippen LogP contribution in [0, 0.1) is 0 Å². The van der Waals surface area contributed by atoms with E-state index in [2.05, 4.69) is 67.6 Å². The van der Waals surface area contributed by atoms with E-state index in [1.165, 1.54) is 16.8 Å². The fourth-order valence-corrected chi connectivity index (χ4v) is 2.59. The minimum atomic E-state index is -0.0684. The highest BCUT2D eigenvalue weighted by Gasteiger charge is 2.27. The molecule has 0 saturated carbocycles. The molecular weight excluding hydrogens is 242 g/mol. The van der Waals surface area contributed by atoms with Gasteiger partial charge in [0.1, 0.15) is 0 Å². The molecule has 100 valence electrons. The van der Waals surface area contributed by atoms with Gasteiger partial charge in [-0.1, -0.05) is 72.8 Å². The standard InChI is InChI=1S/C19H19N/c1-19(14-12-16-8-4-2-5-9-16)15-13-18(20-19)17-10-6-3-7-11-17/h2-12,14H,13,15H2,1H3/b14-12+/t19-/m0/s1. The lowest BCUT2D eigenvalue weighted by atomic mass is 9.97. The van der Waals surface area contributed by atoms with Crippen LogP contribution >= 0.6 is 0 Å². The Morgan fingerprint density at radius 3 is 2.30 bits per heavy atom. The molecule has 0 bridgehead atoms. The van der Waals surface area contributed by atoms with Crippen LogP contribution in [-0.4, -0.2) is 11.3 Å². The number of nitrogens with zero attached hydrogens (tertiary/aromatic N) is 1. The van der Waals surface area contributed by atoms with E-state index in [1.54, 1.807) is 0 Å². The smallest absolute Gasteiger partial charge is 0.0770 e. The molecule has 0 fully saturated rings. The second-order valence-corrected chi connectivity index (χ2v) is 5.53. The Kier molecular flexibility index (Phi) is 3.51. The molecule has 0 amide bonds. The lowest BCUT2D eigenvalue weighted by Gasteiger charge is -2.14. The molecule has 0 radical (unpaired) electrons. The predicted octanol–water partition coefficient (Wildman–Crippen LogP) is 4.74. The van der Waals surface area contributed by atoms with Crippen LogP contribution in [0.15, 0.2) is 71.7 Å². The van der Waals surface area contributed by atoms with E-state index in [4.69, 9.17) is 4.99 Å². The molecule has 0 N–H and O–H groups in total. The van der Waals surface area contributed by atoms with Crippen LogP contribution in [0.2, 0.25) is 0 Å². The van der Waals surface area contributed by atoms with Gasteiger partial charge in [-0.25, -0.2) is 0 Å². The van der Waals surface area contributed by atoms with Crippen molar-refractivity contribution in [1.29, 1.82) is 0 Å². The van der Waals surface area contributed by atoms with E-state index >= 15 is 0 Å². The third-order valence-electron chi connectivity index (χ3n) is 3.80. The van der Waals surface area contributed by atoms with Crippen molar-refractivity contribution in [3.05, 3.63) is 77.9 Å². The minimum absolute atomic E-state index is 0.0684. The molecule has 1 heterocycles. The maximum absolute atomic E-state index is 4.94. The summed E-state index contributed by atoms with van der Waals surface area (Å²) < 4.78 is 0. The first-order valence-electron chi connectivity index (χ1n) is 7.14. The Hall–Kier alpha value is -2.15. The summed E-state index contributed by atoms with van der Waals surface area (Å²) in [6.07, 6.45) is 6.55. The summed E-state index contributed by atoms with van der Waals surface area (Å²) in [5.41, 5.74) is 3.65. The Labute approximate surface area is 120 Å². The first-order chi connectivity index (χ1) is 9.75. The molecule has 1 aliphatic heterocycles. The Morgan fingerprint density at radius 1 is 0.950 bits per heavy atom. The third kappa shape index (κ3) is 2.88. The molecule has 3 rings (SSSR count). The average Bonchev–Trinajstić information content (AvgIpc) is 2.90. The van der Waals surface area contributed by atoms with Crippen LogP contribution in [0.3, 0.4) is 0 Å². The van der Waals surface area contributed by atoms with Crippen LogP contribution < -0.4 is 0 Å². The number of hydrogen-bond donors (Lipinski definition) is 0. The highest BCUT2D eigenvalue weighted by molar-refractivity contribution is 6.02. The molecule has 0 unspecified atom stereocenters. The zero-order chi connectivity index (χ0) is 13.8. The number of hydrogen-bond acceptors (Lipinski definition) is 1. The Balaban J connectivity index is 1.81. The Bertz CT molecular complexity index is 625. The lowest BCUT2D eigenvalue weighted by Crippen LogP contribution is -2.13. The number of rotatable bonds is 3. The highest BCUT2D eigenvalue weighted by atomic mass is 14.9. The number of benzene rings is 2. The van der Waals surface area contributed by atoms with E-state index in [1.807, 2.05) is 12.1 Å². The molecule has 0 aromatic heterocycles. The van der Waals surface area contributed by atoms with Crippen LogP contribution in [0.5, 0.6) is 0 Å². The molecule has 2 aromatic carbocycles. The summed E-state index contributed by atoms with van der Waals surface area (Å²) in [6.45, 7) is 2.21. The van der Waals surface area contributed by atoms with Gasteiger partial charge in [-0.2, -0.15) is 0 Å². The molecule has 0 saturated heterocycles. The van der Waals surface area contributed by atoms with E-state index < -0.39 is 0 Å². The molecule has 1 heteroatoms. The SMILES string of the molecule is C[C@]1(/C=C/c2ccccc2)CCC(c2ccccc2)=N1. The topological polar surface area (TPSA) is 12.4 Å². The molecule has 20 heavy (non-hydrogen) atoms. The van der Waals surface area contributed by atoms with Gasteiger partial charge in [-0.05, 0) is 30.9 Å². The van der Waals surface area contributed by atoms with Crippen LogP contribution in [0.4, 0.5) is 0 Å². The third-order valence-corrected chi connectivity index (χ3v) is 3.80. The van der Waals surface area contributed by atoms with Crippen LogP contribution in [0.1, 0.15) is 30.9 Å². The van der Waals surface area contributed by atoms with Crippen molar-refractivity contribution in [2.75, 3.05) is 0 Å². The van der Waals surface area contributed by atoms with Gasteiger partial charge >= 0.3 is 0 Å². The molecule has 2 aromatic rings. The summed E-state index contributed by atoms with van der Waals surface area (Å²) in [4.78, 5) is 4.94. The van der Waals surface area contributed by atoms with Crippen LogP contribution in [-0.2, 0) is 0 Å². The van der Waals surface area contributed by atoms with Gasteiger partial charge < -0.3 is 0 Å². The summed E-state index contributed by atoms with van der Waals surface area (Å²) in [6, 6.07) is 20.9. The van der Waals surface area contributed by atoms with Crippen molar-refractivity contribution >= 4 is 11.8 Å². The fraction of sp³-hybridized carbons (Fsp3) is 0.211. The second-order valence-electron chi connectivity index (χ2n) is 5.53. The highest BCUT2D eigenvalue weighted by Crippen LogP contribution is 2.30. The number of aliphatic imine (C=N–C) groups is 1. The monoisotopic (exact) mass is 261 g/mol. The zero-order valence-corrected chi connectivity index (χ0v) is 11.8. The summed E-state index contributed by atoms with van der Waals surface area (Å²) in [5.74, 6) is 0. The van der Waals surface area contributed by atoms with Crippen molar-refractivity contribution < 1.29 is 0 Å². The minimum Gasteiger partial charge on any atom is -0.279 e. The molecule has 0 aliphatic carbocycles. The maximum atomic E-state index is 4.94. The van der Waals surface area contributed by atoms with Crippen LogP contribution in [0.25, 0.3) is 6.08 Å². The molecule has 1 atom stereocenters. The lowest BCUT2D eigenvalue weighted by molar-refractivity contribution is 0.589. The van der Waals surface area contributed by atoms with Crippen molar-refractivity contribution in [2.45, 2.75) is 25.3 Å². The van der Waals surface area contributed by atoms with E-state index in [9.17, 15) is 0 Å². The van der Waals surface area contributed by atoms with Gasteiger partial charge in [0.2, 0.25) is 0 Å². The van der Waals surface area contributed by atoms with Gasteiger partial charge in [-0.3, -0.25) is 4.99 Å².